The minimum atomic E-state index is 0.0936. The summed E-state index contributed by atoms with van der Waals surface area (Å²) in [6.07, 6.45) is 4.03. The molecule has 1 aliphatic rings. The third kappa shape index (κ3) is 2.89. The van der Waals surface area contributed by atoms with E-state index < -0.39 is 0 Å². The van der Waals surface area contributed by atoms with Crippen LogP contribution >= 0.6 is 0 Å². The molecule has 20 heavy (non-hydrogen) atoms. The van der Waals surface area contributed by atoms with Crippen LogP contribution in [0.25, 0.3) is 11.0 Å². The number of nitrogens with zero attached hydrogens (tertiary/aromatic N) is 3. The van der Waals surface area contributed by atoms with Crippen molar-refractivity contribution in [2.75, 3.05) is 31.2 Å². The normalized spacial score (nSPS) is 16.8. The van der Waals surface area contributed by atoms with Crippen molar-refractivity contribution in [1.82, 2.24) is 9.97 Å². The average Bonchev–Trinajstić information content (AvgIpc) is 2.53. The number of fused-ring (bicyclic) bond motifs is 1. The van der Waals surface area contributed by atoms with Crippen molar-refractivity contribution < 1.29 is 9.84 Å². The lowest BCUT2D eigenvalue weighted by atomic mass is 10.1. The molecule has 1 N–H and O–H groups in total. The Labute approximate surface area is 118 Å². The quantitative estimate of drug-likeness (QED) is 0.917. The first-order valence-corrected chi connectivity index (χ1v) is 7.06. The number of ether oxygens (including phenoxy) is 1. The molecular formula is C15H19N3O2. The van der Waals surface area contributed by atoms with Crippen LogP contribution in [0.3, 0.4) is 0 Å². The van der Waals surface area contributed by atoms with E-state index in [1.807, 2.05) is 30.5 Å². The van der Waals surface area contributed by atoms with Crippen molar-refractivity contribution in [3.63, 3.8) is 0 Å². The molecule has 0 atom stereocenters. The molecule has 5 nitrogen and oxygen atoms in total. The van der Waals surface area contributed by atoms with Gasteiger partial charge >= 0.3 is 0 Å². The van der Waals surface area contributed by atoms with Crippen molar-refractivity contribution >= 4 is 16.9 Å². The Morgan fingerprint density at radius 2 is 1.95 bits per heavy atom. The highest BCUT2D eigenvalue weighted by atomic mass is 16.5. The second-order valence-corrected chi connectivity index (χ2v) is 5.00. The Balaban J connectivity index is 1.67. The second kappa shape index (κ2) is 6.15. The maximum Gasteiger partial charge on any atom is 0.147 e. The lowest BCUT2D eigenvalue weighted by Gasteiger charge is -2.32. The number of aromatic nitrogens is 2. The molecule has 3 rings (SSSR count). The molecule has 0 radical (unpaired) electrons. The molecule has 1 aliphatic heterocycles. The van der Waals surface area contributed by atoms with E-state index in [2.05, 4.69) is 14.9 Å². The van der Waals surface area contributed by atoms with Crippen LogP contribution < -0.4 is 4.90 Å². The first kappa shape index (κ1) is 13.3. The molecule has 1 fully saturated rings. The third-order valence-electron chi connectivity index (χ3n) is 3.65. The number of rotatable bonds is 4. The summed E-state index contributed by atoms with van der Waals surface area (Å²) in [7, 11) is 0. The van der Waals surface area contributed by atoms with E-state index in [9.17, 15) is 0 Å². The number of anilines is 1. The van der Waals surface area contributed by atoms with Crippen LogP contribution in [0.1, 0.15) is 12.8 Å². The molecule has 0 spiro atoms. The van der Waals surface area contributed by atoms with Crippen LogP contribution in [0.5, 0.6) is 0 Å². The fraction of sp³-hybridized carbons (Fsp3) is 0.467. The zero-order valence-corrected chi connectivity index (χ0v) is 11.4. The first-order chi connectivity index (χ1) is 9.86. The zero-order chi connectivity index (χ0) is 13.8. The molecule has 1 aromatic carbocycles. The zero-order valence-electron chi connectivity index (χ0n) is 11.4. The monoisotopic (exact) mass is 273 g/mol. The van der Waals surface area contributed by atoms with Crippen LogP contribution in [0, 0.1) is 0 Å². The van der Waals surface area contributed by atoms with Crippen LogP contribution in [0.15, 0.2) is 30.5 Å². The fourth-order valence-corrected chi connectivity index (χ4v) is 2.57. The van der Waals surface area contributed by atoms with E-state index in [1.54, 1.807) is 0 Å². The van der Waals surface area contributed by atoms with Crippen molar-refractivity contribution in [2.45, 2.75) is 18.9 Å². The molecule has 1 saturated heterocycles. The highest BCUT2D eigenvalue weighted by molar-refractivity contribution is 5.75. The van der Waals surface area contributed by atoms with Crippen molar-refractivity contribution in [2.24, 2.45) is 0 Å². The molecule has 2 aromatic rings. The lowest BCUT2D eigenvalue weighted by molar-refractivity contribution is 0.0158. The van der Waals surface area contributed by atoms with E-state index in [0.717, 1.165) is 42.8 Å². The van der Waals surface area contributed by atoms with E-state index >= 15 is 0 Å². The summed E-state index contributed by atoms with van der Waals surface area (Å²) in [5.74, 6) is 0.935. The van der Waals surface area contributed by atoms with Gasteiger partial charge in [-0.2, -0.15) is 0 Å². The molecule has 1 aromatic heterocycles. The summed E-state index contributed by atoms with van der Waals surface area (Å²) >= 11 is 0. The lowest BCUT2D eigenvalue weighted by Crippen LogP contribution is -2.37. The number of aliphatic hydroxyl groups is 1. The highest BCUT2D eigenvalue weighted by Gasteiger charge is 2.20. The summed E-state index contributed by atoms with van der Waals surface area (Å²) < 4.78 is 5.57. The molecule has 0 unspecified atom stereocenters. The number of benzene rings is 1. The molecule has 0 bridgehead atoms. The van der Waals surface area contributed by atoms with Crippen LogP contribution in [0.2, 0.25) is 0 Å². The van der Waals surface area contributed by atoms with E-state index in [4.69, 9.17) is 9.84 Å². The summed E-state index contributed by atoms with van der Waals surface area (Å²) in [6.45, 7) is 2.36. The number of para-hydroxylation sites is 2. The summed E-state index contributed by atoms with van der Waals surface area (Å²) in [4.78, 5) is 11.4. The topological polar surface area (TPSA) is 58.5 Å². The minimum Gasteiger partial charge on any atom is -0.394 e. The summed E-state index contributed by atoms with van der Waals surface area (Å²) in [6, 6.07) is 7.92. The van der Waals surface area contributed by atoms with Crippen molar-refractivity contribution in [3.05, 3.63) is 30.5 Å². The van der Waals surface area contributed by atoms with Crippen molar-refractivity contribution in [3.8, 4) is 0 Å². The molecule has 0 aliphatic carbocycles. The van der Waals surface area contributed by atoms with Gasteiger partial charge in [-0.25, -0.2) is 4.98 Å². The van der Waals surface area contributed by atoms with E-state index in [0.29, 0.717) is 6.61 Å². The van der Waals surface area contributed by atoms with Crippen LogP contribution in [0.4, 0.5) is 5.82 Å². The number of hydrogen-bond acceptors (Lipinski definition) is 5. The molecule has 2 heterocycles. The Hall–Kier alpha value is -1.72. The first-order valence-electron chi connectivity index (χ1n) is 7.06. The van der Waals surface area contributed by atoms with Gasteiger partial charge in [0.1, 0.15) is 5.82 Å². The number of aliphatic hydroxyl groups excluding tert-OH is 1. The number of piperidine rings is 1. The minimum absolute atomic E-state index is 0.0936. The van der Waals surface area contributed by atoms with Gasteiger partial charge in [0.2, 0.25) is 0 Å². The predicted molar refractivity (Wildman–Crippen MR) is 77.8 cm³/mol. The predicted octanol–water partition coefficient (Wildman–Crippen LogP) is 1.61. The van der Waals surface area contributed by atoms with E-state index in [1.165, 1.54) is 0 Å². The Bertz CT molecular complexity index is 568. The van der Waals surface area contributed by atoms with Crippen molar-refractivity contribution in [1.29, 1.82) is 0 Å². The summed E-state index contributed by atoms with van der Waals surface area (Å²) in [5, 5.41) is 8.77. The van der Waals surface area contributed by atoms with Gasteiger partial charge in [0.25, 0.3) is 0 Å². The fourth-order valence-electron chi connectivity index (χ4n) is 2.57. The van der Waals surface area contributed by atoms with Gasteiger partial charge in [-0.3, -0.25) is 4.98 Å². The van der Waals surface area contributed by atoms with Gasteiger partial charge in [0.15, 0.2) is 0 Å². The van der Waals surface area contributed by atoms with Crippen LogP contribution in [-0.4, -0.2) is 47.5 Å². The molecule has 0 saturated carbocycles. The van der Waals surface area contributed by atoms with Gasteiger partial charge in [-0.15, -0.1) is 0 Å². The molecular weight excluding hydrogens is 254 g/mol. The SMILES string of the molecule is OCCOC1CCN(c2cnc3ccccc3n2)CC1. The van der Waals surface area contributed by atoms with E-state index in [-0.39, 0.29) is 12.7 Å². The summed E-state index contributed by atoms with van der Waals surface area (Å²) in [5.41, 5.74) is 1.86. The maximum absolute atomic E-state index is 8.77. The largest absolute Gasteiger partial charge is 0.394 e. The van der Waals surface area contributed by atoms with Gasteiger partial charge in [-0.1, -0.05) is 12.1 Å². The van der Waals surface area contributed by atoms with Gasteiger partial charge in [0.05, 0.1) is 36.5 Å². The molecule has 106 valence electrons. The number of hydrogen-bond donors (Lipinski definition) is 1. The molecule has 0 amide bonds. The molecule has 5 heteroatoms. The highest BCUT2D eigenvalue weighted by Crippen LogP contribution is 2.21. The van der Waals surface area contributed by atoms with Gasteiger partial charge in [-0.05, 0) is 25.0 Å². The van der Waals surface area contributed by atoms with Crippen LogP contribution in [-0.2, 0) is 4.74 Å². The second-order valence-electron chi connectivity index (χ2n) is 5.00. The smallest absolute Gasteiger partial charge is 0.147 e. The average molecular weight is 273 g/mol. The standard InChI is InChI=1S/C15H19N3O2/c19-9-10-20-12-5-7-18(8-6-12)15-11-16-13-3-1-2-4-14(13)17-15/h1-4,11-12,19H,5-10H2. The Kier molecular flexibility index (Phi) is 4.08. The Morgan fingerprint density at radius 3 is 2.70 bits per heavy atom. The maximum atomic E-state index is 8.77. The van der Waals surface area contributed by atoms with Gasteiger partial charge in [0, 0.05) is 13.1 Å². The van der Waals surface area contributed by atoms with Gasteiger partial charge < -0.3 is 14.7 Å². The third-order valence-corrected chi connectivity index (χ3v) is 3.65. The Morgan fingerprint density at radius 1 is 1.20 bits per heavy atom.